The summed E-state index contributed by atoms with van der Waals surface area (Å²) >= 11 is 0.0707. The van der Waals surface area contributed by atoms with E-state index < -0.39 is 79.1 Å². The van der Waals surface area contributed by atoms with Gasteiger partial charge in [-0.1, -0.05) is 0 Å². The van der Waals surface area contributed by atoms with Crippen molar-refractivity contribution in [3.8, 4) is 20.9 Å². The predicted octanol–water partition coefficient (Wildman–Crippen LogP) is 6.47. The molecule has 0 unspecified atom stereocenters. The fraction of sp³-hybridized carbons (Fsp3) is 0. The zero-order chi connectivity index (χ0) is 20.2. The minimum Gasteiger partial charge on any atom is -0.203 e. The fourth-order valence-electron chi connectivity index (χ4n) is 2.25. The van der Waals surface area contributed by atoms with Gasteiger partial charge in [0.25, 0.3) is 0 Å². The summed E-state index contributed by atoms with van der Waals surface area (Å²) in [5.41, 5.74) is -2.79. The van der Waals surface area contributed by atoms with Gasteiger partial charge in [0.15, 0.2) is 46.5 Å². The number of benzene rings is 2. The second kappa shape index (κ2) is 6.55. The topological polar surface area (TPSA) is 0 Å². The maximum Gasteiger partial charge on any atom is 0.200 e. The van der Waals surface area contributed by atoms with E-state index in [1.54, 1.807) is 0 Å². The van der Waals surface area contributed by atoms with Crippen LogP contribution in [0.3, 0.4) is 0 Å². The largest absolute Gasteiger partial charge is 0.203 e. The van der Waals surface area contributed by atoms with Crippen molar-refractivity contribution in [2.75, 3.05) is 0 Å². The molecule has 0 fully saturated rings. The lowest BCUT2D eigenvalue weighted by Crippen LogP contribution is -2.03. The van der Waals surface area contributed by atoms with Crippen LogP contribution in [-0.2, 0) is 0 Å². The number of hydrogen-bond acceptors (Lipinski definition) is 1. The first kappa shape index (κ1) is 19.2. The Morgan fingerprint density at radius 3 is 0.852 bits per heavy atom. The molecule has 3 aromatic rings. The summed E-state index contributed by atoms with van der Waals surface area (Å²) in [6.07, 6.45) is 0. The fourth-order valence-corrected chi connectivity index (χ4v) is 3.32. The highest BCUT2D eigenvalue weighted by molar-refractivity contribution is 7.18. The zero-order valence-electron chi connectivity index (χ0n) is 12.3. The first-order chi connectivity index (χ1) is 12.6. The van der Waals surface area contributed by atoms with E-state index in [-0.39, 0.29) is 11.3 Å². The van der Waals surface area contributed by atoms with E-state index in [4.69, 9.17) is 0 Å². The molecule has 0 bridgehead atoms. The third-order valence-corrected chi connectivity index (χ3v) is 4.64. The summed E-state index contributed by atoms with van der Waals surface area (Å²) in [4.78, 5) is -1.36. The lowest BCUT2D eigenvalue weighted by atomic mass is 10.1. The van der Waals surface area contributed by atoms with Crippen molar-refractivity contribution < 1.29 is 43.9 Å². The van der Waals surface area contributed by atoms with Crippen molar-refractivity contribution in [1.29, 1.82) is 0 Å². The molecule has 3 rings (SSSR count). The van der Waals surface area contributed by atoms with Crippen LogP contribution in [0.4, 0.5) is 43.9 Å². The van der Waals surface area contributed by atoms with Crippen LogP contribution in [0.15, 0.2) is 12.1 Å². The average Bonchev–Trinajstić information content (AvgIpc) is 3.11. The smallest absolute Gasteiger partial charge is 0.200 e. The molecule has 0 nitrogen and oxygen atoms in total. The van der Waals surface area contributed by atoms with Gasteiger partial charge in [-0.25, -0.2) is 43.9 Å². The van der Waals surface area contributed by atoms with Gasteiger partial charge in [0.1, 0.15) is 0 Å². The van der Waals surface area contributed by atoms with E-state index in [0.29, 0.717) is 0 Å². The third-order valence-electron chi connectivity index (χ3n) is 3.52. The highest BCUT2D eigenvalue weighted by Crippen LogP contribution is 2.41. The Kier molecular flexibility index (Phi) is 4.66. The van der Waals surface area contributed by atoms with Crippen LogP contribution in [-0.4, -0.2) is 0 Å². The van der Waals surface area contributed by atoms with Gasteiger partial charge in [-0.05, 0) is 12.1 Å². The molecular weight excluding hydrogens is 414 g/mol. The van der Waals surface area contributed by atoms with E-state index in [1.165, 1.54) is 0 Å². The van der Waals surface area contributed by atoms with Crippen molar-refractivity contribution in [3.05, 3.63) is 70.3 Å². The van der Waals surface area contributed by atoms with Crippen LogP contribution < -0.4 is 0 Å². The summed E-state index contributed by atoms with van der Waals surface area (Å²) in [5.74, 6) is -22.7. The van der Waals surface area contributed by atoms with E-state index in [0.717, 1.165) is 12.1 Å². The van der Waals surface area contributed by atoms with Crippen molar-refractivity contribution in [2.45, 2.75) is 0 Å². The Hall–Kier alpha value is -2.56. The molecule has 11 heteroatoms. The number of halogens is 10. The standard InChI is InChI=1S/C16H2F10S/c17-7-5(8(18)12(22)15(25)11(7)21)3-1-2-4(27-3)6-9(19)13(23)16(26)14(24)10(6)20/h1-2H. The summed E-state index contributed by atoms with van der Waals surface area (Å²) in [6, 6.07) is 1.44. The molecule has 0 spiro atoms. The van der Waals surface area contributed by atoms with Crippen LogP contribution >= 0.6 is 11.3 Å². The Labute approximate surface area is 147 Å². The maximum absolute atomic E-state index is 13.8. The molecule has 142 valence electrons. The molecule has 0 aliphatic rings. The van der Waals surface area contributed by atoms with Crippen LogP contribution in [0.1, 0.15) is 0 Å². The molecule has 1 aromatic heterocycles. The van der Waals surface area contributed by atoms with Crippen LogP contribution in [0.2, 0.25) is 0 Å². The summed E-state index contributed by atoms with van der Waals surface area (Å²) in [7, 11) is 0. The third kappa shape index (κ3) is 2.76. The highest BCUT2D eigenvalue weighted by Gasteiger charge is 2.30. The quantitative estimate of drug-likeness (QED) is 0.255. The van der Waals surface area contributed by atoms with Gasteiger partial charge in [0.05, 0.1) is 11.1 Å². The average molecular weight is 416 g/mol. The summed E-state index contributed by atoms with van der Waals surface area (Å²) in [6.45, 7) is 0. The molecule has 0 saturated carbocycles. The van der Waals surface area contributed by atoms with Gasteiger partial charge >= 0.3 is 0 Å². The van der Waals surface area contributed by atoms with E-state index in [9.17, 15) is 43.9 Å². The van der Waals surface area contributed by atoms with Crippen molar-refractivity contribution in [2.24, 2.45) is 0 Å². The van der Waals surface area contributed by atoms with Gasteiger partial charge in [0.2, 0.25) is 11.6 Å². The second-order valence-corrected chi connectivity index (χ2v) is 6.14. The lowest BCUT2D eigenvalue weighted by Gasteiger charge is -2.07. The Morgan fingerprint density at radius 2 is 0.593 bits per heavy atom. The Bertz CT molecular complexity index is 944. The summed E-state index contributed by atoms with van der Waals surface area (Å²) < 4.78 is 134. The lowest BCUT2D eigenvalue weighted by molar-refractivity contribution is 0.381. The molecule has 27 heavy (non-hydrogen) atoms. The normalized spacial score (nSPS) is 11.3. The molecule has 0 aliphatic carbocycles. The molecular formula is C16H2F10S. The molecule has 2 aromatic carbocycles. The first-order valence-electron chi connectivity index (χ1n) is 6.71. The molecule has 0 aliphatic heterocycles. The molecule has 0 radical (unpaired) electrons. The van der Waals surface area contributed by atoms with E-state index in [2.05, 4.69) is 0 Å². The molecule has 0 saturated heterocycles. The minimum atomic E-state index is -2.41. The molecule has 0 N–H and O–H groups in total. The van der Waals surface area contributed by atoms with Crippen LogP contribution in [0, 0.1) is 58.2 Å². The minimum absolute atomic E-state index is 0.0707. The van der Waals surface area contributed by atoms with Crippen molar-refractivity contribution in [1.82, 2.24) is 0 Å². The summed E-state index contributed by atoms with van der Waals surface area (Å²) in [5, 5.41) is 0. The SMILES string of the molecule is Fc1c(F)c(F)c(-c2ccc(-c3c(F)c(F)c(F)c(F)c3F)s2)c(F)c1F. The van der Waals surface area contributed by atoms with Gasteiger partial charge in [-0.15, -0.1) is 11.3 Å². The highest BCUT2D eigenvalue weighted by atomic mass is 32.1. The van der Waals surface area contributed by atoms with Gasteiger partial charge in [0, 0.05) is 9.75 Å². The number of rotatable bonds is 2. The van der Waals surface area contributed by atoms with Gasteiger partial charge in [-0.2, -0.15) is 0 Å². The molecule has 0 amide bonds. The second-order valence-electron chi connectivity index (χ2n) is 5.05. The van der Waals surface area contributed by atoms with Gasteiger partial charge < -0.3 is 0 Å². The van der Waals surface area contributed by atoms with Crippen molar-refractivity contribution >= 4 is 11.3 Å². The molecule has 0 atom stereocenters. The Balaban J connectivity index is 2.25. The molecule has 1 heterocycles. The monoisotopic (exact) mass is 416 g/mol. The zero-order valence-corrected chi connectivity index (χ0v) is 13.2. The maximum atomic E-state index is 13.8. The van der Waals surface area contributed by atoms with Crippen LogP contribution in [0.25, 0.3) is 20.9 Å². The van der Waals surface area contributed by atoms with Crippen molar-refractivity contribution in [3.63, 3.8) is 0 Å². The van der Waals surface area contributed by atoms with E-state index in [1.807, 2.05) is 0 Å². The van der Waals surface area contributed by atoms with Gasteiger partial charge in [-0.3, -0.25) is 0 Å². The van der Waals surface area contributed by atoms with Crippen LogP contribution in [0.5, 0.6) is 0 Å². The predicted molar refractivity (Wildman–Crippen MR) is 74.8 cm³/mol. The number of thiophene rings is 1. The Morgan fingerprint density at radius 1 is 0.370 bits per heavy atom. The first-order valence-corrected chi connectivity index (χ1v) is 7.53. The number of hydrogen-bond donors (Lipinski definition) is 0. The van der Waals surface area contributed by atoms with E-state index >= 15 is 0 Å².